The molecule has 0 saturated heterocycles. The molecule has 0 aliphatic heterocycles. The number of aromatic nitrogens is 2. The lowest BCUT2D eigenvalue weighted by Gasteiger charge is -2.05. The summed E-state index contributed by atoms with van der Waals surface area (Å²) in [5, 5.41) is 10.9. The standard InChI is InChI=1S/C12H11N3O4/c1-7-3-4-9(6-10(7)15(18)19)14-11(16)5-8(2)13-12(14)17/h3-6H,1-2H3,(H,13,17). The summed E-state index contributed by atoms with van der Waals surface area (Å²) >= 11 is 0. The van der Waals surface area contributed by atoms with Crippen LogP contribution in [0.25, 0.3) is 5.69 Å². The SMILES string of the molecule is Cc1cc(=O)n(-c2ccc(C)c([N+](=O)[O-])c2)c(=O)[nH]1. The van der Waals surface area contributed by atoms with Crippen LogP contribution >= 0.6 is 0 Å². The molecule has 2 rings (SSSR count). The van der Waals surface area contributed by atoms with Gasteiger partial charge in [-0.3, -0.25) is 14.9 Å². The maximum atomic E-state index is 11.8. The number of aryl methyl sites for hydroxylation is 2. The monoisotopic (exact) mass is 261 g/mol. The molecule has 0 fully saturated rings. The van der Waals surface area contributed by atoms with Crippen LogP contribution in [0, 0.1) is 24.0 Å². The molecule has 1 aromatic carbocycles. The summed E-state index contributed by atoms with van der Waals surface area (Å²) in [5.41, 5.74) is -0.214. The summed E-state index contributed by atoms with van der Waals surface area (Å²) in [6.45, 7) is 3.18. The molecule has 0 aliphatic rings. The number of nitrogens with zero attached hydrogens (tertiary/aromatic N) is 2. The summed E-state index contributed by atoms with van der Waals surface area (Å²) in [6, 6.07) is 5.46. The number of rotatable bonds is 2. The Balaban J connectivity index is 2.74. The van der Waals surface area contributed by atoms with E-state index in [0.29, 0.717) is 11.3 Å². The highest BCUT2D eigenvalue weighted by Gasteiger charge is 2.14. The van der Waals surface area contributed by atoms with Crippen molar-refractivity contribution in [3.8, 4) is 5.69 Å². The minimum Gasteiger partial charge on any atom is -0.311 e. The number of benzene rings is 1. The zero-order chi connectivity index (χ0) is 14.2. The van der Waals surface area contributed by atoms with Crippen LogP contribution in [0.4, 0.5) is 5.69 Å². The van der Waals surface area contributed by atoms with Crippen molar-refractivity contribution < 1.29 is 4.92 Å². The molecular weight excluding hydrogens is 250 g/mol. The lowest BCUT2D eigenvalue weighted by Crippen LogP contribution is -2.33. The molecule has 1 N–H and O–H groups in total. The molecule has 0 atom stereocenters. The molecule has 2 aromatic rings. The van der Waals surface area contributed by atoms with E-state index in [9.17, 15) is 19.7 Å². The molecule has 0 bridgehead atoms. The van der Waals surface area contributed by atoms with Gasteiger partial charge in [0.25, 0.3) is 11.2 Å². The van der Waals surface area contributed by atoms with E-state index in [2.05, 4.69) is 4.98 Å². The van der Waals surface area contributed by atoms with Crippen molar-refractivity contribution in [2.24, 2.45) is 0 Å². The molecule has 1 aromatic heterocycles. The molecule has 0 amide bonds. The van der Waals surface area contributed by atoms with Gasteiger partial charge >= 0.3 is 5.69 Å². The number of aromatic amines is 1. The van der Waals surface area contributed by atoms with Gasteiger partial charge < -0.3 is 4.98 Å². The van der Waals surface area contributed by atoms with Gasteiger partial charge in [0, 0.05) is 23.4 Å². The Bertz CT molecular complexity index is 742. The van der Waals surface area contributed by atoms with Gasteiger partial charge in [-0.15, -0.1) is 0 Å². The van der Waals surface area contributed by atoms with Crippen LogP contribution in [0.1, 0.15) is 11.3 Å². The van der Waals surface area contributed by atoms with Crippen LogP contribution < -0.4 is 11.2 Å². The molecule has 0 spiro atoms. The highest BCUT2D eigenvalue weighted by atomic mass is 16.6. The van der Waals surface area contributed by atoms with E-state index in [1.807, 2.05) is 0 Å². The van der Waals surface area contributed by atoms with Gasteiger partial charge in [-0.1, -0.05) is 6.07 Å². The third kappa shape index (κ3) is 2.30. The summed E-state index contributed by atoms with van der Waals surface area (Å²) in [4.78, 5) is 36.4. The molecule has 0 unspecified atom stereocenters. The maximum absolute atomic E-state index is 11.8. The number of H-pyrrole nitrogens is 1. The van der Waals surface area contributed by atoms with Crippen molar-refractivity contribution in [2.75, 3.05) is 0 Å². The van der Waals surface area contributed by atoms with E-state index < -0.39 is 16.2 Å². The average molecular weight is 261 g/mol. The smallest absolute Gasteiger partial charge is 0.311 e. The largest absolute Gasteiger partial charge is 0.333 e. The number of nitrogens with one attached hydrogen (secondary N) is 1. The Labute approximate surface area is 107 Å². The van der Waals surface area contributed by atoms with Crippen molar-refractivity contribution in [1.29, 1.82) is 0 Å². The number of nitro benzene ring substituents is 1. The topological polar surface area (TPSA) is 98.0 Å². The quantitative estimate of drug-likeness (QED) is 0.645. The van der Waals surface area contributed by atoms with Crippen LogP contribution in [0.15, 0.2) is 33.9 Å². The predicted octanol–water partition coefficient (Wildman–Crippen LogP) is 1.05. The summed E-state index contributed by atoms with van der Waals surface area (Å²) < 4.78 is 0.861. The Morgan fingerprint density at radius 1 is 1.21 bits per heavy atom. The average Bonchev–Trinajstić information content (AvgIpc) is 2.29. The van der Waals surface area contributed by atoms with Crippen LogP contribution in [0.5, 0.6) is 0 Å². The van der Waals surface area contributed by atoms with Crippen molar-refractivity contribution >= 4 is 5.69 Å². The lowest BCUT2D eigenvalue weighted by molar-refractivity contribution is -0.385. The second-order valence-electron chi connectivity index (χ2n) is 4.16. The van der Waals surface area contributed by atoms with Gasteiger partial charge in [0.1, 0.15) is 0 Å². The van der Waals surface area contributed by atoms with Gasteiger partial charge in [0.15, 0.2) is 0 Å². The van der Waals surface area contributed by atoms with E-state index in [0.717, 1.165) is 4.57 Å². The first-order valence-electron chi connectivity index (χ1n) is 5.48. The van der Waals surface area contributed by atoms with Crippen LogP contribution in [-0.2, 0) is 0 Å². The first kappa shape index (κ1) is 12.7. The van der Waals surface area contributed by atoms with Gasteiger partial charge in [0.2, 0.25) is 0 Å². The Morgan fingerprint density at radius 2 is 1.89 bits per heavy atom. The highest BCUT2D eigenvalue weighted by molar-refractivity contribution is 5.48. The number of hydrogen-bond donors (Lipinski definition) is 1. The van der Waals surface area contributed by atoms with E-state index in [4.69, 9.17) is 0 Å². The van der Waals surface area contributed by atoms with Crippen LogP contribution in [0.3, 0.4) is 0 Å². The van der Waals surface area contributed by atoms with Gasteiger partial charge in [0.05, 0.1) is 10.6 Å². The third-order valence-corrected chi connectivity index (χ3v) is 2.72. The number of hydrogen-bond acceptors (Lipinski definition) is 4. The van der Waals surface area contributed by atoms with E-state index in [1.54, 1.807) is 13.8 Å². The normalized spacial score (nSPS) is 10.4. The predicted molar refractivity (Wildman–Crippen MR) is 68.8 cm³/mol. The third-order valence-electron chi connectivity index (χ3n) is 2.72. The van der Waals surface area contributed by atoms with Crippen LogP contribution in [0.2, 0.25) is 0 Å². The van der Waals surface area contributed by atoms with E-state index >= 15 is 0 Å². The Hall–Kier alpha value is -2.70. The fourth-order valence-corrected chi connectivity index (χ4v) is 1.79. The molecule has 7 heteroatoms. The van der Waals surface area contributed by atoms with Crippen molar-refractivity contribution in [3.63, 3.8) is 0 Å². The molecule has 0 radical (unpaired) electrons. The molecule has 0 saturated carbocycles. The van der Waals surface area contributed by atoms with E-state index in [1.165, 1.54) is 24.3 Å². The van der Waals surface area contributed by atoms with E-state index in [-0.39, 0.29) is 11.4 Å². The lowest BCUT2D eigenvalue weighted by atomic mass is 10.2. The van der Waals surface area contributed by atoms with Gasteiger partial charge in [-0.05, 0) is 19.9 Å². The minimum atomic E-state index is -0.622. The fourth-order valence-electron chi connectivity index (χ4n) is 1.79. The summed E-state index contributed by atoms with van der Waals surface area (Å²) in [7, 11) is 0. The second kappa shape index (κ2) is 4.52. The molecule has 19 heavy (non-hydrogen) atoms. The van der Waals surface area contributed by atoms with Crippen molar-refractivity contribution in [1.82, 2.24) is 9.55 Å². The maximum Gasteiger partial charge on any atom is 0.333 e. The van der Waals surface area contributed by atoms with Crippen molar-refractivity contribution in [3.05, 3.63) is 66.5 Å². The summed E-state index contributed by atoms with van der Waals surface area (Å²) in [5.74, 6) is 0. The zero-order valence-electron chi connectivity index (χ0n) is 10.3. The van der Waals surface area contributed by atoms with Gasteiger partial charge in [-0.2, -0.15) is 0 Å². The molecule has 0 aliphatic carbocycles. The minimum absolute atomic E-state index is 0.135. The van der Waals surface area contributed by atoms with Gasteiger partial charge in [-0.25, -0.2) is 9.36 Å². The first-order valence-corrected chi connectivity index (χ1v) is 5.48. The van der Waals surface area contributed by atoms with Crippen LogP contribution in [-0.4, -0.2) is 14.5 Å². The first-order chi connectivity index (χ1) is 8.90. The van der Waals surface area contributed by atoms with Crippen molar-refractivity contribution in [2.45, 2.75) is 13.8 Å². The molecule has 7 nitrogen and oxygen atoms in total. The Kier molecular flexibility index (Phi) is 3.04. The molecule has 98 valence electrons. The zero-order valence-corrected chi connectivity index (χ0v) is 10.3. The second-order valence-corrected chi connectivity index (χ2v) is 4.16. The summed E-state index contributed by atoms with van der Waals surface area (Å²) in [6.07, 6.45) is 0. The molecular formula is C12H11N3O4. The highest BCUT2D eigenvalue weighted by Crippen LogP contribution is 2.20. The Morgan fingerprint density at radius 3 is 2.47 bits per heavy atom. The molecule has 1 heterocycles. The number of nitro groups is 1. The fraction of sp³-hybridized carbons (Fsp3) is 0.167.